The van der Waals surface area contributed by atoms with Crippen molar-refractivity contribution in [2.45, 2.75) is 6.42 Å². The number of urea groups is 1. The smallest absolute Gasteiger partial charge is 0.306 e. The third-order valence-electron chi connectivity index (χ3n) is 3.24. The van der Waals surface area contributed by atoms with E-state index in [9.17, 15) is 4.79 Å². The van der Waals surface area contributed by atoms with Gasteiger partial charge in [-0.15, -0.1) is 0 Å². The monoisotopic (exact) mass is 299 g/mol. The van der Waals surface area contributed by atoms with Gasteiger partial charge in [0.1, 0.15) is 0 Å². The molecule has 3 rings (SSSR count). The van der Waals surface area contributed by atoms with Gasteiger partial charge in [-0.25, -0.2) is 9.80 Å². The number of nitrogens with zero attached hydrogens (tertiary/aromatic N) is 2. The lowest BCUT2D eigenvalue weighted by Crippen LogP contribution is -2.28. The Morgan fingerprint density at radius 3 is 2.52 bits per heavy atom. The minimum absolute atomic E-state index is 0.217. The Bertz CT molecular complexity index is 668. The fourth-order valence-electron chi connectivity index (χ4n) is 2.16. The van der Waals surface area contributed by atoms with E-state index in [1.165, 1.54) is 5.01 Å². The van der Waals surface area contributed by atoms with E-state index in [-0.39, 0.29) is 6.03 Å². The first-order valence-corrected chi connectivity index (χ1v) is 7.07. The Morgan fingerprint density at radius 2 is 1.81 bits per heavy atom. The molecule has 5 heteroatoms. The lowest BCUT2D eigenvalue weighted by molar-refractivity contribution is 0.219. The van der Waals surface area contributed by atoms with Crippen molar-refractivity contribution >= 4 is 29.0 Å². The van der Waals surface area contributed by atoms with E-state index in [1.807, 2.05) is 54.6 Å². The molecule has 2 aromatic rings. The summed E-state index contributed by atoms with van der Waals surface area (Å²) in [5.41, 5.74) is 2.65. The Hall–Kier alpha value is -2.33. The van der Waals surface area contributed by atoms with Crippen LogP contribution in [0.25, 0.3) is 0 Å². The molecule has 2 aromatic carbocycles. The number of amides is 2. The van der Waals surface area contributed by atoms with Gasteiger partial charge in [0, 0.05) is 17.1 Å². The molecule has 1 aliphatic rings. The molecule has 0 saturated heterocycles. The van der Waals surface area contributed by atoms with E-state index in [0.29, 0.717) is 11.6 Å². The van der Waals surface area contributed by atoms with Gasteiger partial charge < -0.3 is 5.32 Å². The molecule has 0 atom stereocenters. The number of benzene rings is 2. The van der Waals surface area contributed by atoms with E-state index in [1.54, 1.807) is 0 Å². The molecule has 0 aromatic heterocycles. The standard InChI is InChI=1S/C16H14ClN3O/c17-13-8-6-12(7-9-13)15-10-11-20(19-15)16(21)18-14-4-2-1-3-5-14/h1-9H,10-11H2,(H,18,21). The van der Waals surface area contributed by atoms with Gasteiger partial charge in [-0.05, 0) is 29.8 Å². The number of carbonyl (C=O) groups excluding carboxylic acids is 1. The number of hydrazone groups is 1. The normalized spacial score (nSPS) is 14.0. The van der Waals surface area contributed by atoms with Crippen molar-refractivity contribution < 1.29 is 4.79 Å². The van der Waals surface area contributed by atoms with Crippen LogP contribution in [0.3, 0.4) is 0 Å². The molecule has 1 heterocycles. The average Bonchev–Trinajstić information content (AvgIpc) is 2.99. The average molecular weight is 300 g/mol. The molecule has 0 unspecified atom stereocenters. The van der Waals surface area contributed by atoms with Crippen LogP contribution in [0.4, 0.5) is 10.5 Å². The predicted octanol–water partition coefficient (Wildman–Crippen LogP) is 3.98. The zero-order chi connectivity index (χ0) is 14.7. The molecule has 0 bridgehead atoms. The summed E-state index contributed by atoms with van der Waals surface area (Å²) in [6, 6.07) is 16.6. The second kappa shape index (κ2) is 5.97. The van der Waals surface area contributed by atoms with Crippen LogP contribution in [0.15, 0.2) is 59.7 Å². The molecule has 4 nitrogen and oxygen atoms in total. The minimum Gasteiger partial charge on any atom is -0.306 e. The molecule has 0 radical (unpaired) electrons. The Balaban J connectivity index is 1.70. The molecular formula is C16H14ClN3O. The maximum absolute atomic E-state index is 12.1. The number of para-hydroxylation sites is 1. The topological polar surface area (TPSA) is 44.7 Å². The highest BCUT2D eigenvalue weighted by Crippen LogP contribution is 2.17. The van der Waals surface area contributed by atoms with E-state index >= 15 is 0 Å². The van der Waals surface area contributed by atoms with Crippen LogP contribution in [0, 0.1) is 0 Å². The fraction of sp³-hybridized carbons (Fsp3) is 0.125. The summed E-state index contributed by atoms with van der Waals surface area (Å²) in [7, 11) is 0. The number of hydrogen-bond acceptors (Lipinski definition) is 2. The maximum Gasteiger partial charge on any atom is 0.342 e. The van der Waals surface area contributed by atoms with Gasteiger partial charge >= 0.3 is 6.03 Å². The van der Waals surface area contributed by atoms with Gasteiger partial charge in [-0.1, -0.05) is 41.9 Å². The molecule has 21 heavy (non-hydrogen) atoms. The van der Waals surface area contributed by atoms with Gasteiger partial charge in [0.15, 0.2) is 0 Å². The molecular weight excluding hydrogens is 286 g/mol. The second-order valence-electron chi connectivity index (χ2n) is 4.72. The van der Waals surface area contributed by atoms with Crippen molar-refractivity contribution in [3.63, 3.8) is 0 Å². The van der Waals surface area contributed by atoms with Crippen molar-refractivity contribution in [3.8, 4) is 0 Å². The van der Waals surface area contributed by atoms with E-state index in [0.717, 1.165) is 23.4 Å². The summed E-state index contributed by atoms with van der Waals surface area (Å²) < 4.78 is 0. The lowest BCUT2D eigenvalue weighted by Gasteiger charge is -2.12. The van der Waals surface area contributed by atoms with Crippen molar-refractivity contribution in [1.29, 1.82) is 0 Å². The zero-order valence-corrected chi connectivity index (χ0v) is 12.0. The number of nitrogens with one attached hydrogen (secondary N) is 1. The maximum atomic E-state index is 12.1. The zero-order valence-electron chi connectivity index (χ0n) is 11.3. The molecule has 1 N–H and O–H groups in total. The predicted molar refractivity (Wildman–Crippen MR) is 84.8 cm³/mol. The number of hydrogen-bond donors (Lipinski definition) is 1. The Labute approximate surface area is 128 Å². The summed E-state index contributed by atoms with van der Waals surface area (Å²) in [5, 5.41) is 9.35. The highest BCUT2D eigenvalue weighted by atomic mass is 35.5. The third-order valence-corrected chi connectivity index (χ3v) is 3.49. The van der Waals surface area contributed by atoms with Crippen LogP contribution >= 0.6 is 11.6 Å². The van der Waals surface area contributed by atoms with Gasteiger partial charge in [0.2, 0.25) is 0 Å². The first-order valence-electron chi connectivity index (χ1n) is 6.69. The summed E-state index contributed by atoms with van der Waals surface area (Å²) in [6.45, 7) is 0.580. The van der Waals surface area contributed by atoms with Crippen LogP contribution in [-0.4, -0.2) is 23.3 Å². The van der Waals surface area contributed by atoms with Gasteiger partial charge in [-0.2, -0.15) is 5.10 Å². The number of rotatable bonds is 2. The molecule has 0 saturated carbocycles. The van der Waals surface area contributed by atoms with E-state index < -0.39 is 0 Å². The van der Waals surface area contributed by atoms with Gasteiger partial charge in [0.05, 0.1) is 12.3 Å². The SMILES string of the molecule is O=C(Nc1ccccc1)N1CCC(c2ccc(Cl)cc2)=N1. The van der Waals surface area contributed by atoms with Gasteiger partial charge in [-0.3, -0.25) is 0 Å². The fourth-order valence-corrected chi connectivity index (χ4v) is 2.28. The van der Waals surface area contributed by atoms with Crippen molar-refractivity contribution in [2.75, 3.05) is 11.9 Å². The third kappa shape index (κ3) is 3.23. The Kier molecular flexibility index (Phi) is 3.88. The molecule has 0 fully saturated rings. The lowest BCUT2D eigenvalue weighted by atomic mass is 10.1. The largest absolute Gasteiger partial charge is 0.342 e. The van der Waals surface area contributed by atoms with E-state index in [2.05, 4.69) is 10.4 Å². The highest BCUT2D eigenvalue weighted by Gasteiger charge is 2.21. The Morgan fingerprint density at radius 1 is 1.10 bits per heavy atom. The van der Waals surface area contributed by atoms with Gasteiger partial charge in [0.25, 0.3) is 0 Å². The summed E-state index contributed by atoms with van der Waals surface area (Å²) in [5.74, 6) is 0. The molecule has 1 aliphatic heterocycles. The molecule has 106 valence electrons. The van der Waals surface area contributed by atoms with Crippen molar-refractivity contribution in [2.24, 2.45) is 5.10 Å². The van der Waals surface area contributed by atoms with E-state index in [4.69, 9.17) is 11.6 Å². The van der Waals surface area contributed by atoms with Crippen LogP contribution in [0.2, 0.25) is 5.02 Å². The molecule has 0 aliphatic carbocycles. The second-order valence-corrected chi connectivity index (χ2v) is 5.16. The molecule has 2 amide bonds. The van der Waals surface area contributed by atoms with Crippen LogP contribution in [0.5, 0.6) is 0 Å². The van der Waals surface area contributed by atoms with Crippen LogP contribution in [0.1, 0.15) is 12.0 Å². The highest BCUT2D eigenvalue weighted by molar-refractivity contribution is 6.30. The summed E-state index contributed by atoms with van der Waals surface area (Å²) >= 11 is 5.87. The first kappa shape index (κ1) is 13.6. The summed E-state index contributed by atoms with van der Waals surface area (Å²) in [4.78, 5) is 12.1. The number of carbonyl (C=O) groups is 1. The number of halogens is 1. The quantitative estimate of drug-likeness (QED) is 0.895. The minimum atomic E-state index is -0.217. The molecule has 0 spiro atoms. The number of anilines is 1. The van der Waals surface area contributed by atoms with Crippen molar-refractivity contribution in [3.05, 3.63) is 65.2 Å². The first-order chi connectivity index (χ1) is 10.2. The van der Waals surface area contributed by atoms with Crippen molar-refractivity contribution in [1.82, 2.24) is 5.01 Å². The summed E-state index contributed by atoms with van der Waals surface area (Å²) in [6.07, 6.45) is 0.740. The van der Waals surface area contributed by atoms with Crippen LogP contribution in [-0.2, 0) is 0 Å². The van der Waals surface area contributed by atoms with Crippen LogP contribution < -0.4 is 5.32 Å².